The van der Waals surface area contributed by atoms with Gasteiger partial charge in [-0.15, -0.1) is 0 Å². The molecule has 0 aliphatic carbocycles. The van der Waals surface area contributed by atoms with Crippen LogP contribution in [0.1, 0.15) is 17.5 Å². The minimum absolute atomic E-state index is 0.0660. The Labute approximate surface area is 171 Å². The molecule has 0 aromatic heterocycles. The van der Waals surface area contributed by atoms with Crippen molar-refractivity contribution in [3.63, 3.8) is 0 Å². The molecule has 2 aromatic rings. The lowest BCUT2D eigenvalue weighted by molar-refractivity contribution is -0.123. The quantitative estimate of drug-likeness (QED) is 0.497. The second-order valence-corrected chi connectivity index (χ2v) is 7.76. The fourth-order valence-corrected chi connectivity index (χ4v) is 3.89. The average Bonchev–Trinajstić information content (AvgIpc) is 2.94. The molecule has 0 spiro atoms. The first-order valence-corrected chi connectivity index (χ1v) is 9.74. The van der Waals surface area contributed by atoms with Crippen molar-refractivity contribution in [3.8, 4) is 11.5 Å². The largest absolute Gasteiger partial charge is 0.508 e. The van der Waals surface area contributed by atoms with E-state index in [2.05, 4.69) is 5.32 Å². The highest BCUT2D eigenvalue weighted by Gasteiger charge is 2.32. The molecule has 1 heterocycles. The normalized spacial score (nSPS) is 15.3. The molecule has 1 fully saturated rings. The maximum Gasteiger partial charge on any atom is 0.266 e. The molecule has 0 bridgehead atoms. The summed E-state index contributed by atoms with van der Waals surface area (Å²) in [6, 6.07) is 13.7. The third kappa shape index (κ3) is 4.90. The summed E-state index contributed by atoms with van der Waals surface area (Å²) in [6.07, 6.45) is 1.65. The first-order chi connectivity index (χ1) is 13.4. The Morgan fingerprint density at radius 2 is 1.93 bits per heavy atom. The summed E-state index contributed by atoms with van der Waals surface area (Å²) in [6.45, 7) is 0.613. The van der Waals surface area contributed by atoms with Crippen LogP contribution < -0.4 is 5.32 Å². The van der Waals surface area contributed by atoms with Crippen LogP contribution in [0.25, 0.3) is 6.08 Å². The highest BCUT2D eigenvalue weighted by Crippen LogP contribution is 2.34. The van der Waals surface area contributed by atoms with Crippen LogP contribution in [0.4, 0.5) is 0 Å². The molecule has 8 heteroatoms. The molecule has 1 aliphatic heterocycles. The Balaban J connectivity index is 1.57. The van der Waals surface area contributed by atoms with Gasteiger partial charge in [0.05, 0.1) is 4.91 Å². The molecule has 0 unspecified atom stereocenters. The molecular formula is C20H18N2O4S2. The summed E-state index contributed by atoms with van der Waals surface area (Å²) in [7, 11) is 0. The number of nitrogens with zero attached hydrogens (tertiary/aromatic N) is 1. The van der Waals surface area contributed by atoms with Gasteiger partial charge in [0.25, 0.3) is 5.91 Å². The number of nitrogens with one attached hydrogen (secondary N) is 1. The lowest BCUT2D eigenvalue weighted by Crippen LogP contribution is -2.33. The standard InChI is InChI=1S/C20H18N2O4S2/c23-15-7-6-14(16(24)11-15)10-17-19(26)22(20(27)28-17)9-8-18(25)21-12-13-4-2-1-3-5-13/h1-7,10-11,23-24H,8-9,12H2,(H,21,25)/b17-10-. The first-order valence-electron chi connectivity index (χ1n) is 8.52. The predicted molar refractivity (Wildman–Crippen MR) is 113 cm³/mol. The lowest BCUT2D eigenvalue weighted by Gasteiger charge is -2.14. The van der Waals surface area contributed by atoms with Gasteiger partial charge in [0.1, 0.15) is 15.8 Å². The SMILES string of the molecule is O=C(CCN1C(=O)/C(=C/c2ccc(O)cc2O)SC1=S)NCc1ccccc1. The number of amides is 2. The summed E-state index contributed by atoms with van der Waals surface area (Å²) in [4.78, 5) is 26.4. The summed E-state index contributed by atoms with van der Waals surface area (Å²) in [5.41, 5.74) is 1.40. The number of phenolic OH excluding ortho intramolecular Hbond substituents is 2. The Morgan fingerprint density at radius 1 is 1.18 bits per heavy atom. The van der Waals surface area contributed by atoms with Gasteiger partial charge in [-0.05, 0) is 23.8 Å². The molecule has 1 aliphatic rings. The van der Waals surface area contributed by atoms with Crippen molar-refractivity contribution in [2.75, 3.05) is 6.54 Å². The van der Waals surface area contributed by atoms with Gasteiger partial charge in [0.2, 0.25) is 5.91 Å². The Hall–Kier alpha value is -2.84. The fraction of sp³-hybridized carbons (Fsp3) is 0.150. The molecule has 3 N–H and O–H groups in total. The second-order valence-electron chi connectivity index (χ2n) is 6.09. The number of thioether (sulfide) groups is 1. The first kappa shape index (κ1) is 19.9. The van der Waals surface area contributed by atoms with Crippen LogP contribution in [0.3, 0.4) is 0 Å². The molecule has 3 rings (SSSR count). The van der Waals surface area contributed by atoms with E-state index in [4.69, 9.17) is 12.2 Å². The van der Waals surface area contributed by atoms with E-state index in [1.807, 2.05) is 30.3 Å². The molecule has 2 amide bonds. The van der Waals surface area contributed by atoms with Gasteiger partial charge in [0, 0.05) is 31.1 Å². The van der Waals surface area contributed by atoms with Crippen molar-refractivity contribution in [3.05, 3.63) is 64.6 Å². The number of rotatable bonds is 6. The maximum absolute atomic E-state index is 12.6. The van der Waals surface area contributed by atoms with Crippen LogP contribution in [0.2, 0.25) is 0 Å². The molecule has 144 valence electrons. The van der Waals surface area contributed by atoms with Crippen molar-refractivity contribution in [2.24, 2.45) is 0 Å². The lowest BCUT2D eigenvalue weighted by atomic mass is 10.1. The smallest absolute Gasteiger partial charge is 0.266 e. The van der Waals surface area contributed by atoms with Crippen LogP contribution in [0.5, 0.6) is 11.5 Å². The van der Waals surface area contributed by atoms with E-state index in [-0.39, 0.29) is 36.3 Å². The van der Waals surface area contributed by atoms with E-state index < -0.39 is 0 Å². The number of phenols is 2. The van der Waals surface area contributed by atoms with Gasteiger partial charge >= 0.3 is 0 Å². The van der Waals surface area contributed by atoms with Crippen LogP contribution in [-0.2, 0) is 16.1 Å². The number of carbonyl (C=O) groups excluding carboxylic acids is 2. The number of carbonyl (C=O) groups is 2. The molecular weight excluding hydrogens is 396 g/mol. The van der Waals surface area contributed by atoms with Crippen molar-refractivity contribution < 1.29 is 19.8 Å². The Kier molecular flexibility index (Phi) is 6.33. The summed E-state index contributed by atoms with van der Waals surface area (Å²) < 4.78 is 0.366. The van der Waals surface area contributed by atoms with Crippen LogP contribution in [-0.4, -0.2) is 37.8 Å². The zero-order valence-electron chi connectivity index (χ0n) is 14.8. The fourth-order valence-electron chi connectivity index (χ4n) is 2.59. The molecule has 0 radical (unpaired) electrons. The molecule has 6 nitrogen and oxygen atoms in total. The number of hydrogen-bond donors (Lipinski definition) is 3. The van der Waals surface area contributed by atoms with E-state index >= 15 is 0 Å². The molecule has 0 atom stereocenters. The van der Waals surface area contributed by atoms with E-state index in [0.717, 1.165) is 17.3 Å². The molecule has 2 aromatic carbocycles. The highest BCUT2D eigenvalue weighted by atomic mass is 32.2. The van der Waals surface area contributed by atoms with E-state index in [1.54, 1.807) is 0 Å². The zero-order chi connectivity index (χ0) is 20.1. The zero-order valence-corrected chi connectivity index (χ0v) is 16.4. The molecule has 1 saturated heterocycles. The summed E-state index contributed by atoms with van der Waals surface area (Å²) >= 11 is 6.37. The van der Waals surface area contributed by atoms with Crippen LogP contribution in [0.15, 0.2) is 53.4 Å². The van der Waals surface area contributed by atoms with Gasteiger partial charge in [0.15, 0.2) is 0 Å². The number of hydrogen-bond acceptors (Lipinski definition) is 6. The second kappa shape index (κ2) is 8.90. The third-order valence-corrected chi connectivity index (χ3v) is 5.45. The van der Waals surface area contributed by atoms with Crippen molar-refractivity contribution in [2.45, 2.75) is 13.0 Å². The monoisotopic (exact) mass is 414 g/mol. The maximum atomic E-state index is 12.6. The van der Waals surface area contributed by atoms with Gasteiger partial charge < -0.3 is 15.5 Å². The minimum Gasteiger partial charge on any atom is -0.508 e. The molecule has 0 saturated carbocycles. The van der Waals surface area contributed by atoms with Gasteiger partial charge in [-0.25, -0.2) is 0 Å². The Bertz CT molecular complexity index is 944. The van der Waals surface area contributed by atoms with E-state index in [9.17, 15) is 19.8 Å². The number of thiocarbonyl (C=S) groups is 1. The highest BCUT2D eigenvalue weighted by molar-refractivity contribution is 8.26. The Morgan fingerprint density at radius 3 is 2.64 bits per heavy atom. The summed E-state index contributed by atoms with van der Waals surface area (Å²) in [5, 5.41) is 22.0. The topological polar surface area (TPSA) is 89.9 Å². The number of aromatic hydroxyl groups is 2. The van der Waals surface area contributed by atoms with Crippen molar-refractivity contribution in [1.82, 2.24) is 10.2 Å². The van der Waals surface area contributed by atoms with E-state index in [1.165, 1.54) is 29.2 Å². The average molecular weight is 415 g/mol. The third-order valence-electron chi connectivity index (χ3n) is 4.07. The van der Waals surface area contributed by atoms with Crippen molar-refractivity contribution >= 4 is 46.2 Å². The number of benzene rings is 2. The van der Waals surface area contributed by atoms with Gasteiger partial charge in [-0.3, -0.25) is 14.5 Å². The van der Waals surface area contributed by atoms with Crippen molar-refractivity contribution in [1.29, 1.82) is 0 Å². The van der Waals surface area contributed by atoms with Gasteiger partial charge in [-0.2, -0.15) is 0 Å². The summed E-state index contributed by atoms with van der Waals surface area (Å²) in [5.74, 6) is -0.675. The van der Waals surface area contributed by atoms with Crippen LogP contribution in [0, 0.1) is 0 Å². The van der Waals surface area contributed by atoms with Crippen LogP contribution >= 0.6 is 24.0 Å². The predicted octanol–water partition coefficient (Wildman–Crippen LogP) is 3.01. The van der Waals surface area contributed by atoms with Gasteiger partial charge in [-0.1, -0.05) is 54.3 Å². The molecule has 28 heavy (non-hydrogen) atoms. The van der Waals surface area contributed by atoms with E-state index in [0.29, 0.717) is 21.3 Å². The minimum atomic E-state index is -0.307.